The summed E-state index contributed by atoms with van der Waals surface area (Å²) in [5, 5.41) is 16.7. The highest BCUT2D eigenvalue weighted by molar-refractivity contribution is 5.44. The molecule has 3 heterocycles. The fourth-order valence-corrected chi connectivity index (χ4v) is 2.34. The van der Waals surface area contributed by atoms with Gasteiger partial charge in [-0.2, -0.15) is 5.26 Å². The molecule has 128 valence electrons. The maximum Gasteiger partial charge on any atom is 0.153 e. The number of nitriles is 1. The van der Waals surface area contributed by atoms with Crippen molar-refractivity contribution in [3.63, 3.8) is 0 Å². The summed E-state index contributed by atoms with van der Waals surface area (Å²) in [6.45, 7) is 8.99. The molecule has 0 bridgehead atoms. The van der Waals surface area contributed by atoms with Crippen molar-refractivity contribution >= 4 is 5.82 Å². The molecule has 0 saturated heterocycles. The number of imidazole rings is 1. The summed E-state index contributed by atoms with van der Waals surface area (Å²) < 4.78 is 1.70. The van der Waals surface area contributed by atoms with Crippen molar-refractivity contribution in [3.05, 3.63) is 53.4 Å². The Bertz CT molecular complexity index is 904. The quantitative estimate of drug-likeness (QED) is 0.764. The molecule has 7 heteroatoms. The zero-order valence-electron chi connectivity index (χ0n) is 14.8. The molecule has 3 aromatic rings. The SMILES string of the molecule is Cc1cn(-c2ccc(C#N)cn2)nc1NCc1ncc(C(C)(C)C)[nH]1. The van der Waals surface area contributed by atoms with Gasteiger partial charge in [-0.05, 0) is 19.1 Å². The summed E-state index contributed by atoms with van der Waals surface area (Å²) >= 11 is 0. The predicted molar refractivity (Wildman–Crippen MR) is 95.4 cm³/mol. The van der Waals surface area contributed by atoms with Gasteiger partial charge in [0.05, 0.1) is 12.1 Å². The molecule has 0 radical (unpaired) electrons. The van der Waals surface area contributed by atoms with E-state index in [0.29, 0.717) is 17.9 Å². The molecule has 25 heavy (non-hydrogen) atoms. The average molecular weight is 335 g/mol. The van der Waals surface area contributed by atoms with Crippen molar-refractivity contribution in [2.75, 3.05) is 5.32 Å². The Labute approximate surface area is 146 Å². The third-order valence-electron chi connectivity index (χ3n) is 3.87. The minimum absolute atomic E-state index is 0.0456. The molecule has 0 aliphatic carbocycles. The van der Waals surface area contributed by atoms with E-state index in [0.717, 1.165) is 22.9 Å². The Morgan fingerprint density at radius 1 is 1.24 bits per heavy atom. The topological polar surface area (TPSA) is 95.2 Å². The van der Waals surface area contributed by atoms with E-state index in [9.17, 15) is 0 Å². The van der Waals surface area contributed by atoms with Crippen molar-refractivity contribution in [1.29, 1.82) is 5.26 Å². The lowest BCUT2D eigenvalue weighted by Gasteiger charge is -2.15. The lowest BCUT2D eigenvalue weighted by atomic mass is 9.93. The van der Waals surface area contributed by atoms with Crippen LogP contribution in [0.3, 0.4) is 0 Å². The van der Waals surface area contributed by atoms with Gasteiger partial charge in [-0.1, -0.05) is 20.8 Å². The van der Waals surface area contributed by atoms with Crippen LogP contribution in [0.15, 0.2) is 30.7 Å². The first kappa shape index (κ1) is 16.7. The highest BCUT2D eigenvalue weighted by Crippen LogP contribution is 2.20. The summed E-state index contributed by atoms with van der Waals surface area (Å²) in [7, 11) is 0. The molecule has 2 N–H and O–H groups in total. The molecule has 0 spiro atoms. The summed E-state index contributed by atoms with van der Waals surface area (Å²) in [6.07, 6.45) is 5.32. The third kappa shape index (κ3) is 3.69. The molecule has 7 nitrogen and oxygen atoms in total. The van der Waals surface area contributed by atoms with Crippen LogP contribution in [0.25, 0.3) is 5.82 Å². The minimum atomic E-state index is 0.0456. The lowest BCUT2D eigenvalue weighted by Crippen LogP contribution is -2.12. The van der Waals surface area contributed by atoms with E-state index >= 15 is 0 Å². The number of aryl methyl sites for hydroxylation is 1. The molecule has 0 unspecified atom stereocenters. The van der Waals surface area contributed by atoms with Crippen LogP contribution in [-0.4, -0.2) is 24.7 Å². The zero-order valence-corrected chi connectivity index (χ0v) is 14.8. The minimum Gasteiger partial charge on any atom is -0.361 e. The molecule has 0 aromatic carbocycles. The third-order valence-corrected chi connectivity index (χ3v) is 3.87. The number of H-pyrrole nitrogens is 1. The number of rotatable bonds is 4. The Kier molecular flexibility index (Phi) is 4.28. The van der Waals surface area contributed by atoms with Gasteiger partial charge < -0.3 is 10.3 Å². The second-order valence-corrected chi connectivity index (χ2v) is 6.97. The summed E-state index contributed by atoms with van der Waals surface area (Å²) in [5.41, 5.74) is 2.69. The zero-order chi connectivity index (χ0) is 18.0. The summed E-state index contributed by atoms with van der Waals surface area (Å²) in [6, 6.07) is 5.56. The van der Waals surface area contributed by atoms with Gasteiger partial charge in [-0.25, -0.2) is 14.6 Å². The van der Waals surface area contributed by atoms with Gasteiger partial charge in [0, 0.05) is 35.3 Å². The molecule has 3 rings (SSSR count). The van der Waals surface area contributed by atoms with E-state index in [4.69, 9.17) is 5.26 Å². The van der Waals surface area contributed by atoms with Crippen LogP contribution in [0, 0.1) is 18.3 Å². The Balaban J connectivity index is 1.72. The summed E-state index contributed by atoms with van der Waals surface area (Å²) in [4.78, 5) is 12.0. The maximum absolute atomic E-state index is 8.85. The second kappa shape index (κ2) is 6.40. The monoisotopic (exact) mass is 335 g/mol. The Hall–Kier alpha value is -3.14. The van der Waals surface area contributed by atoms with Crippen LogP contribution < -0.4 is 5.32 Å². The Morgan fingerprint density at radius 2 is 2.04 bits per heavy atom. The van der Waals surface area contributed by atoms with Crippen molar-refractivity contribution in [1.82, 2.24) is 24.7 Å². The first-order valence-corrected chi connectivity index (χ1v) is 8.08. The molecule has 0 aliphatic heterocycles. The molecule has 0 amide bonds. The van der Waals surface area contributed by atoms with Gasteiger partial charge in [-0.3, -0.25) is 0 Å². The fraction of sp³-hybridized carbons (Fsp3) is 0.333. The van der Waals surface area contributed by atoms with E-state index in [-0.39, 0.29) is 5.41 Å². The van der Waals surface area contributed by atoms with Crippen LogP contribution in [-0.2, 0) is 12.0 Å². The average Bonchev–Trinajstić information content (AvgIpc) is 3.19. The fourth-order valence-electron chi connectivity index (χ4n) is 2.34. The van der Waals surface area contributed by atoms with Crippen molar-refractivity contribution in [2.24, 2.45) is 0 Å². The standard InChI is InChI=1S/C18H21N7/c1-12-11-25(16-6-5-13(7-19)8-21-16)24-17(12)22-10-15-20-9-14(23-15)18(2,3)4/h5-6,8-9,11H,10H2,1-4H3,(H,20,23)(H,22,24). The molecule has 3 aromatic heterocycles. The van der Waals surface area contributed by atoms with E-state index in [1.54, 1.807) is 16.8 Å². The van der Waals surface area contributed by atoms with Gasteiger partial charge >= 0.3 is 0 Å². The first-order valence-electron chi connectivity index (χ1n) is 8.08. The number of pyridine rings is 1. The number of aromatic amines is 1. The van der Waals surface area contributed by atoms with E-state index in [1.807, 2.05) is 19.3 Å². The lowest BCUT2D eigenvalue weighted by molar-refractivity contribution is 0.571. The number of hydrogen-bond acceptors (Lipinski definition) is 5. The maximum atomic E-state index is 8.85. The van der Waals surface area contributed by atoms with Crippen molar-refractivity contribution < 1.29 is 0 Å². The first-order chi connectivity index (χ1) is 11.9. The molecule has 0 aliphatic rings. The molecular weight excluding hydrogens is 314 g/mol. The van der Waals surface area contributed by atoms with Crippen LogP contribution in [0.4, 0.5) is 5.82 Å². The van der Waals surface area contributed by atoms with E-state index in [2.05, 4.69) is 52.2 Å². The normalized spacial score (nSPS) is 11.3. The molecule has 0 saturated carbocycles. The largest absolute Gasteiger partial charge is 0.361 e. The van der Waals surface area contributed by atoms with Crippen molar-refractivity contribution in [2.45, 2.75) is 39.7 Å². The van der Waals surface area contributed by atoms with Crippen LogP contribution in [0.5, 0.6) is 0 Å². The van der Waals surface area contributed by atoms with Gasteiger partial charge in [-0.15, -0.1) is 5.10 Å². The van der Waals surface area contributed by atoms with Gasteiger partial charge in [0.2, 0.25) is 0 Å². The second-order valence-electron chi connectivity index (χ2n) is 6.97. The summed E-state index contributed by atoms with van der Waals surface area (Å²) in [5.74, 6) is 2.32. The predicted octanol–water partition coefficient (Wildman–Crippen LogP) is 3.08. The highest BCUT2D eigenvalue weighted by Gasteiger charge is 2.16. The van der Waals surface area contributed by atoms with Crippen LogP contribution in [0.2, 0.25) is 0 Å². The molecule has 0 atom stereocenters. The number of hydrogen-bond donors (Lipinski definition) is 2. The van der Waals surface area contributed by atoms with E-state index in [1.165, 1.54) is 6.20 Å². The number of nitrogens with one attached hydrogen (secondary N) is 2. The number of aromatic nitrogens is 5. The van der Waals surface area contributed by atoms with Gasteiger partial charge in [0.15, 0.2) is 11.6 Å². The number of nitrogens with zero attached hydrogens (tertiary/aromatic N) is 5. The van der Waals surface area contributed by atoms with Gasteiger partial charge in [0.25, 0.3) is 0 Å². The smallest absolute Gasteiger partial charge is 0.153 e. The van der Waals surface area contributed by atoms with Crippen LogP contribution in [0.1, 0.15) is 43.4 Å². The number of anilines is 1. The van der Waals surface area contributed by atoms with Crippen molar-refractivity contribution in [3.8, 4) is 11.9 Å². The Morgan fingerprint density at radius 3 is 2.64 bits per heavy atom. The molecule has 0 fully saturated rings. The van der Waals surface area contributed by atoms with E-state index < -0.39 is 0 Å². The van der Waals surface area contributed by atoms with Crippen LogP contribution >= 0.6 is 0 Å². The van der Waals surface area contributed by atoms with Gasteiger partial charge in [0.1, 0.15) is 11.9 Å². The highest BCUT2D eigenvalue weighted by atomic mass is 15.3. The molecular formula is C18H21N7.